The third-order valence-electron chi connectivity index (χ3n) is 2.68. The first kappa shape index (κ1) is 13.6. The summed E-state index contributed by atoms with van der Waals surface area (Å²) in [5.41, 5.74) is 2.52. The maximum absolute atomic E-state index is 9.17. The van der Waals surface area contributed by atoms with Gasteiger partial charge in [-0.05, 0) is 50.3 Å². The Morgan fingerprint density at radius 1 is 1.24 bits per heavy atom. The summed E-state index contributed by atoms with van der Waals surface area (Å²) < 4.78 is 0. The summed E-state index contributed by atoms with van der Waals surface area (Å²) in [6.07, 6.45) is 8.95. The van der Waals surface area contributed by atoms with Crippen LogP contribution in [0.1, 0.15) is 39.2 Å². The Morgan fingerprint density at radius 2 is 1.88 bits per heavy atom. The van der Waals surface area contributed by atoms with Crippen molar-refractivity contribution in [3.63, 3.8) is 0 Å². The van der Waals surface area contributed by atoms with Gasteiger partial charge in [-0.2, -0.15) is 0 Å². The van der Waals surface area contributed by atoms with E-state index < -0.39 is 0 Å². The van der Waals surface area contributed by atoms with Crippen LogP contribution in [-0.4, -0.2) is 5.11 Å². The van der Waals surface area contributed by atoms with Crippen molar-refractivity contribution in [3.8, 4) is 5.75 Å². The van der Waals surface area contributed by atoms with E-state index in [1.54, 1.807) is 12.1 Å². The van der Waals surface area contributed by atoms with Gasteiger partial charge in [0.05, 0.1) is 0 Å². The molecule has 1 aromatic carbocycles. The zero-order valence-corrected chi connectivity index (χ0v) is 11.0. The lowest BCUT2D eigenvalue weighted by atomic mass is 10.0. The van der Waals surface area contributed by atoms with Gasteiger partial charge in [0.2, 0.25) is 0 Å². The summed E-state index contributed by atoms with van der Waals surface area (Å²) in [6, 6.07) is 7.28. The molecule has 0 aliphatic carbocycles. The summed E-state index contributed by atoms with van der Waals surface area (Å²) >= 11 is 0. The van der Waals surface area contributed by atoms with E-state index in [2.05, 4.69) is 39.0 Å². The first-order chi connectivity index (χ1) is 8.08. The molecule has 0 fully saturated rings. The number of phenols is 1. The third kappa shape index (κ3) is 5.96. The minimum Gasteiger partial charge on any atom is -0.508 e. The van der Waals surface area contributed by atoms with Crippen molar-refractivity contribution in [2.75, 3.05) is 0 Å². The Morgan fingerprint density at radius 3 is 2.47 bits per heavy atom. The Kier molecular flexibility index (Phi) is 5.55. The van der Waals surface area contributed by atoms with E-state index >= 15 is 0 Å². The molecule has 0 saturated heterocycles. The molecular weight excluding hydrogens is 208 g/mol. The van der Waals surface area contributed by atoms with Crippen LogP contribution in [0.5, 0.6) is 5.75 Å². The lowest BCUT2D eigenvalue weighted by molar-refractivity contribution is 0.475. The molecule has 0 amide bonds. The number of phenolic OH excluding ortho intramolecular Hbond substituents is 1. The molecule has 1 rings (SSSR count). The summed E-state index contributed by atoms with van der Waals surface area (Å²) in [7, 11) is 0. The largest absolute Gasteiger partial charge is 0.508 e. The van der Waals surface area contributed by atoms with Gasteiger partial charge in [0, 0.05) is 0 Å². The number of hydrogen-bond acceptors (Lipinski definition) is 1. The first-order valence-corrected chi connectivity index (χ1v) is 6.18. The molecule has 1 heteroatoms. The van der Waals surface area contributed by atoms with Crippen LogP contribution in [0.2, 0.25) is 0 Å². The summed E-state index contributed by atoms with van der Waals surface area (Å²) in [5, 5.41) is 9.17. The molecule has 92 valence electrons. The molecule has 1 nitrogen and oxygen atoms in total. The second kappa shape index (κ2) is 6.95. The molecule has 0 radical (unpaired) electrons. The Hall–Kier alpha value is -1.50. The van der Waals surface area contributed by atoms with Gasteiger partial charge in [-0.25, -0.2) is 0 Å². The minimum atomic E-state index is 0.318. The van der Waals surface area contributed by atoms with Crippen molar-refractivity contribution in [1.82, 2.24) is 0 Å². The fraction of sp³-hybridized carbons (Fsp3) is 0.375. The topological polar surface area (TPSA) is 20.2 Å². The lowest BCUT2D eigenvalue weighted by Crippen LogP contribution is -1.88. The van der Waals surface area contributed by atoms with Gasteiger partial charge in [0.1, 0.15) is 5.75 Å². The number of benzene rings is 1. The number of allylic oxidation sites excluding steroid dienone is 3. The Labute approximate surface area is 104 Å². The fourth-order valence-electron chi connectivity index (χ4n) is 1.59. The molecule has 1 N–H and O–H groups in total. The van der Waals surface area contributed by atoms with Gasteiger partial charge >= 0.3 is 0 Å². The van der Waals surface area contributed by atoms with Gasteiger partial charge in [-0.3, -0.25) is 0 Å². The average Bonchev–Trinajstić information content (AvgIpc) is 2.28. The van der Waals surface area contributed by atoms with E-state index in [1.807, 2.05) is 12.1 Å². The zero-order valence-electron chi connectivity index (χ0n) is 11.0. The summed E-state index contributed by atoms with van der Waals surface area (Å²) in [5.74, 6) is 0.901. The van der Waals surface area contributed by atoms with Crippen LogP contribution >= 0.6 is 0 Å². The van der Waals surface area contributed by atoms with Crippen molar-refractivity contribution in [1.29, 1.82) is 0 Å². The van der Waals surface area contributed by atoms with Crippen molar-refractivity contribution in [2.45, 2.75) is 33.6 Å². The SMILES string of the molecule is CC(C)=CCCC(C)C=Cc1ccc(O)cc1. The molecule has 0 aliphatic rings. The average molecular weight is 230 g/mol. The molecule has 0 bridgehead atoms. The highest BCUT2D eigenvalue weighted by Crippen LogP contribution is 2.14. The highest BCUT2D eigenvalue weighted by atomic mass is 16.3. The van der Waals surface area contributed by atoms with Gasteiger partial charge in [0.15, 0.2) is 0 Å². The smallest absolute Gasteiger partial charge is 0.115 e. The van der Waals surface area contributed by atoms with Crippen LogP contribution in [0, 0.1) is 5.92 Å². The van der Waals surface area contributed by atoms with Crippen LogP contribution < -0.4 is 0 Å². The molecule has 0 aromatic heterocycles. The Balaban J connectivity index is 2.42. The molecule has 0 aliphatic heterocycles. The van der Waals surface area contributed by atoms with Crippen LogP contribution in [0.4, 0.5) is 0 Å². The predicted molar refractivity (Wildman–Crippen MR) is 75.0 cm³/mol. The normalized spacial score (nSPS) is 12.6. The van der Waals surface area contributed by atoms with Crippen LogP contribution in [0.3, 0.4) is 0 Å². The Bertz CT molecular complexity index is 380. The van der Waals surface area contributed by atoms with Gasteiger partial charge in [0.25, 0.3) is 0 Å². The standard InChI is InChI=1S/C16H22O/c1-13(2)5-4-6-14(3)7-8-15-9-11-16(17)12-10-15/h5,7-12,14,17H,4,6H2,1-3H3. The van der Waals surface area contributed by atoms with Gasteiger partial charge in [-0.15, -0.1) is 0 Å². The number of hydrogen-bond donors (Lipinski definition) is 1. The lowest BCUT2D eigenvalue weighted by Gasteiger charge is -2.03. The van der Waals surface area contributed by atoms with Crippen LogP contribution in [-0.2, 0) is 0 Å². The molecule has 1 atom stereocenters. The van der Waals surface area contributed by atoms with Crippen molar-refractivity contribution >= 4 is 6.08 Å². The highest BCUT2D eigenvalue weighted by molar-refractivity contribution is 5.50. The highest BCUT2D eigenvalue weighted by Gasteiger charge is 1.95. The van der Waals surface area contributed by atoms with E-state index in [0.717, 1.165) is 12.0 Å². The van der Waals surface area contributed by atoms with E-state index in [4.69, 9.17) is 0 Å². The van der Waals surface area contributed by atoms with E-state index in [-0.39, 0.29) is 0 Å². The first-order valence-electron chi connectivity index (χ1n) is 6.18. The van der Waals surface area contributed by atoms with Crippen molar-refractivity contribution in [2.24, 2.45) is 5.92 Å². The molecule has 0 spiro atoms. The predicted octanol–water partition coefficient (Wildman–Crippen LogP) is 4.79. The minimum absolute atomic E-state index is 0.318. The molecular formula is C16H22O. The van der Waals surface area contributed by atoms with Crippen LogP contribution in [0.25, 0.3) is 6.08 Å². The third-order valence-corrected chi connectivity index (χ3v) is 2.68. The second-order valence-electron chi connectivity index (χ2n) is 4.79. The van der Waals surface area contributed by atoms with Crippen molar-refractivity contribution < 1.29 is 5.11 Å². The summed E-state index contributed by atoms with van der Waals surface area (Å²) in [6.45, 7) is 6.50. The monoisotopic (exact) mass is 230 g/mol. The number of aromatic hydroxyl groups is 1. The molecule has 1 aromatic rings. The maximum atomic E-state index is 9.17. The fourth-order valence-corrected chi connectivity index (χ4v) is 1.59. The maximum Gasteiger partial charge on any atom is 0.115 e. The molecule has 0 heterocycles. The van der Waals surface area contributed by atoms with E-state index in [1.165, 1.54) is 12.0 Å². The quantitative estimate of drug-likeness (QED) is 0.721. The molecule has 17 heavy (non-hydrogen) atoms. The van der Waals surface area contributed by atoms with Gasteiger partial charge in [-0.1, -0.05) is 42.9 Å². The molecule has 1 unspecified atom stereocenters. The molecule has 0 saturated carbocycles. The van der Waals surface area contributed by atoms with E-state index in [0.29, 0.717) is 11.7 Å². The summed E-state index contributed by atoms with van der Waals surface area (Å²) in [4.78, 5) is 0. The van der Waals surface area contributed by atoms with Crippen LogP contribution in [0.15, 0.2) is 42.0 Å². The van der Waals surface area contributed by atoms with Crippen molar-refractivity contribution in [3.05, 3.63) is 47.6 Å². The van der Waals surface area contributed by atoms with Gasteiger partial charge < -0.3 is 5.11 Å². The number of rotatable bonds is 5. The zero-order chi connectivity index (χ0) is 12.7. The second-order valence-corrected chi connectivity index (χ2v) is 4.79. The van der Waals surface area contributed by atoms with E-state index in [9.17, 15) is 5.11 Å².